The first-order chi connectivity index (χ1) is 12.7. The minimum absolute atomic E-state index is 0.186. The molecule has 1 aromatic heterocycles. The molecule has 1 heterocycles. The lowest BCUT2D eigenvalue weighted by Gasteiger charge is -2.19. The van der Waals surface area contributed by atoms with Gasteiger partial charge in [0.1, 0.15) is 17.6 Å². The zero-order valence-electron chi connectivity index (χ0n) is 14.8. The molecule has 0 aliphatic carbocycles. The lowest BCUT2D eigenvalue weighted by atomic mass is 10.1. The van der Waals surface area contributed by atoms with Crippen molar-refractivity contribution in [2.45, 2.75) is 13.0 Å². The number of nitrogens with one attached hydrogen (secondary N) is 2. The molecule has 1 atom stereocenters. The number of para-hydroxylation sites is 2. The molecule has 0 aliphatic heterocycles. The summed E-state index contributed by atoms with van der Waals surface area (Å²) in [5, 5.41) is 10.5. The molecule has 6 heteroatoms. The highest BCUT2D eigenvalue weighted by Gasteiger charge is 2.22. The quantitative estimate of drug-likeness (QED) is 0.683. The van der Waals surface area contributed by atoms with E-state index in [0.29, 0.717) is 23.9 Å². The molecule has 6 nitrogen and oxygen atoms in total. The van der Waals surface area contributed by atoms with Crippen LogP contribution in [0.4, 0.5) is 11.5 Å². The monoisotopic (exact) mass is 350 g/mol. The number of hydrogen-bond acceptors (Lipinski definition) is 4. The summed E-state index contributed by atoms with van der Waals surface area (Å²) >= 11 is 0. The molecule has 0 radical (unpaired) electrons. The van der Waals surface area contributed by atoms with Crippen LogP contribution in [0.1, 0.15) is 18.5 Å². The van der Waals surface area contributed by atoms with Gasteiger partial charge in [-0.25, -0.2) is 0 Å². The molecule has 0 spiro atoms. The number of carbonyl (C=O) groups is 1. The summed E-state index contributed by atoms with van der Waals surface area (Å²) in [5.74, 6) is 1.09. The fourth-order valence-electron chi connectivity index (χ4n) is 2.64. The van der Waals surface area contributed by atoms with Crippen molar-refractivity contribution in [3.8, 4) is 5.75 Å². The molecule has 2 aromatic carbocycles. The highest BCUT2D eigenvalue weighted by molar-refractivity contribution is 5.98. The van der Waals surface area contributed by atoms with Gasteiger partial charge in [-0.15, -0.1) is 0 Å². The normalized spacial score (nSPS) is 11.6. The van der Waals surface area contributed by atoms with Crippen LogP contribution >= 0.6 is 0 Å². The first-order valence-corrected chi connectivity index (χ1v) is 8.51. The van der Waals surface area contributed by atoms with Gasteiger partial charge in [0, 0.05) is 19.3 Å². The Morgan fingerprint density at radius 2 is 1.85 bits per heavy atom. The third-order valence-corrected chi connectivity index (χ3v) is 3.85. The van der Waals surface area contributed by atoms with Crippen LogP contribution in [0, 0.1) is 0 Å². The summed E-state index contributed by atoms with van der Waals surface area (Å²) in [5.41, 5.74) is 1.49. The van der Waals surface area contributed by atoms with Gasteiger partial charge < -0.3 is 15.4 Å². The van der Waals surface area contributed by atoms with E-state index < -0.39 is 6.04 Å². The number of benzene rings is 2. The van der Waals surface area contributed by atoms with Gasteiger partial charge in [-0.3, -0.25) is 9.48 Å². The van der Waals surface area contributed by atoms with E-state index in [-0.39, 0.29) is 5.91 Å². The predicted octanol–water partition coefficient (Wildman–Crippen LogP) is 3.61. The van der Waals surface area contributed by atoms with Crippen molar-refractivity contribution in [3.63, 3.8) is 0 Å². The Hall–Kier alpha value is -3.28. The number of ether oxygens (including phenoxy) is 1. The van der Waals surface area contributed by atoms with Crippen LogP contribution in [-0.4, -0.2) is 22.3 Å². The average Bonchev–Trinajstić information content (AvgIpc) is 3.07. The molecule has 0 fully saturated rings. The molecule has 3 aromatic rings. The number of carbonyl (C=O) groups excluding carboxylic acids is 1. The van der Waals surface area contributed by atoms with Crippen molar-refractivity contribution < 1.29 is 9.53 Å². The van der Waals surface area contributed by atoms with Crippen molar-refractivity contribution in [1.82, 2.24) is 9.78 Å². The van der Waals surface area contributed by atoms with Gasteiger partial charge in [-0.05, 0) is 24.6 Å². The van der Waals surface area contributed by atoms with Gasteiger partial charge in [0.2, 0.25) is 0 Å². The predicted molar refractivity (Wildman–Crippen MR) is 102 cm³/mol. The Labute approximate surface area is 152 Å². The number of hydrogen-bond donors (Lipinski definition) is 2. The largest absolute Gasteiger partial charge is 0.492 e. The zero-order valence-corrected chi connectivity index (χ0v) is 14.8. The first-order valence-electron chi connectivity index (χ1n) is 8.51. The minimum Gasteiger partial charge on any atom is -0.492 e. The summed E-state index contributed by atoms with van der Waals surface area (Å²) in [4.78, 5) is 13.0. The molecule has 3 rings (SSSR count). The molecule has 134 valence electrons. The summed E-state index contributed by atoms with van der Waals surface area (Å²) < 4.78 is 7.28. The number of aryl methyl sites for hydroxylation is 1. The van der Waals surface area contributed by atoms with E-state index in [1.165, 1.54) is 0 Å². The van der Waals surface area contributed by atoms with Gasteiger partial charge in [-0.1, -0.05) is 42.5 Å². The molecular formula is C20H22N4O2. The highest BCUT2D eigenvalue weighted by atomic mass is 16.5. The van der Waals surface area contributed by atoms with Crippen LogP contribution in [0.15, 0.2) is 66.9 Å². The van der Waals surface area contributed by atoms with Crippen LogP contribution in [0.2, 0.25) is 0 Å². The lowest BCUT2D eigenvalue weighted by molar-refractivity contribution is -0.117. The number of amides is 1. The smallest absolute Gasteiger partial charge is 0.251 e. The average molecular weight is 350 g/mol. The van der Waals surface area contributed by atoms with Gasteiger partial charge >= 0.3 is 0 Å². The summed E-state index contributed by atoms with van der Waals surface area (Å²) in [6, 6.07) is 18.2. The van der Waals surface area contributed by atoms with E-state index in [1.807, 2.05) is 80.8 Å². The molecule has 0 aliphatic rings. The van der Waals surface area contributed by atoms with Crippen LogP contribution in [-0.2, 0) is 11.8 Å². The Kier molecular flexibility index (Phi) is 5.53. The Balaban J connectivity index is 1.85. The second-order valence-electron chi connectivity index (χ2n) is 5.78. The molecule has 0 bridgehead atoms. The maximum atomic E-state index is 13.0. The summed E-state index contributed by atoms with van der Waals surface area (Å²) in [6.07, 6.45) is 1.83. The maximum absolute atomic E-state index is 13.0. The lowest BCUT2D eigenvalue weighted by Crippen LogP contribution is -2.27. The van der Waals surface area contributed by atoms with Crippen LogP contribution < -0.4 is 15.4 Å². The molecule has 26 heavy (non-hydrogen) atoms. The van der Waals surface area contributed by atoms with Crippen molar-refractivity contribution in [1.29, 1.82) is 0 Å². The fraction of sp³-hybridized carbons (Fsp3) is 0.200. The van der Waals surface area contributed by atoms with Crippen LogP contribution in [0.3, 0.4) is 0 Å². The Bertz CT molecular complexity index is 861. The molecule has 0 unspecified atom stereocenters. The summed E-state index contributed by atoms with van der Waals surface area (Å²) in [7, 11) is 1.83. The van der Waals surface area contributed by atoms with E-state index in [1.54, 1.807) is 4.68 Å². The number of nitrogens with zero attached hydrogens (tertiary/aromatic N) is 2. The Morgan fingerprint density at radius 3 is 2.54 bits per heavy atom. The van der Waals surface area contributed by atoms with Gasteiger partial charge in [0.05, 0.1) is 12.3 Å². The molecule has 0 saturated heterocycles. The van der Waals surface area contributed by atoms with Crippen molar-refractivity contribution in [2.24, 2.45) is 7.05 Å². The molecule has 1 amide bonds. The van der Waals surface area contributed by atoms with E-state index in [9.17, 15) is 4.79 Å². The van der Waals surface area contributed by atoms with Crippen LogP contribution in [0.5, 0.6) is 5.75 Å². The van der Waals surface area contributed by atoms with Gasteiger partial charge in [0.15, 0.2) is 0 Å². The third kappa shape index (κ3) is 4.22. The Morgan fingerprint density at radius 1 is 1.12 bits per heavy atom. The second-order valence-corrected chi connectivity index (χ2v) is 5.78. The third-order valence-electron chi connectivity index (χ3n) is 3.85. The standard InChI is InChI=1S/C20H22N4O2/c1-3-26-17-12-8-7-11-16(17)21-20(25)19(15-9-5-4-6-10-15)22-18-13-14-24(2)23-18/h4-14,19H,3H2,1-2H3,(H,21,25)(H,22,23)/t19-/m1/s1. The molecule has 0 saturated carbocycles. The van der Waals surface area contributed by atoms with Crippen molar-refractivity contribution in [2.75, 3.05) is 17.2 Å². The minimum atomic E-state index is -0.583. The van der Waals surface area contributed by atoms with Crippen LogP contribution in [0.25, 0.3) is 0 Å². The number of anilines is 2. The zero-order chi connectivity index (χ0) is 18.4. The topological polar surface area (TPSA) is 68.2 Å². The maximum Gasteiger partial charge on any atom is 0.251 e. The van der Waals surface area contributed by atoms with E-state index in [0.717, 1.165) is 5.56 Å². The van der Waals surface area contributed by atoms with Crippen molar-refractivity contribution >= 4 is 17.4 Å². The summed E-state index contributed by atoms with van der Waals surface area (Å²) in [6.45, 7) is 2.44. The van der Waals surface area contributed by atoms with E-state index in [4.69, 9.17) is 4.74 Å². The van der Waals surface area contributed by atoms with Crippen molar-refractivity contribution in [3.05, 3.63) is 72.4 Å². The van der Waals surface area contributed by atoms with Gasteiger partial charge in [-0.2, -0.15) is 5.10 Å². The molecular weight excluding hydrogens is 328 g/mol. The SMILES string of the molecule is CCOc1ccccc1NC(=O)[C@H](Nc1ccn(C)n1)c1ccccc1. The molecule has 2 N–H and O–H groups in total. The van der Waals surface area contributed by atoms with E-state index in [2.05, 4.69) is 15.7 Å². The fourth-order valence-corrected chi connectivity index (χ4v) is 2.64. The first kappa shape index (κ1) is 17.5. The van der Waals surface area contributed by atoms with E-state index >= 15 is 0 Å². The van der Waals surface area contributed by atoms with Gasteiger partial charge in [0.25, 0.3) is 5.91 Å². The second kappa shape index (κ2) is 8.20. The number of rotatable bonds is 7. The highest BCUT2D eigenvalue weighted by Crippen LogP contribution is 2.26. The number of aromatic nitrogens is 2.